The van der Waals surface area contributed by atoms with Gasteiger partial charge in [-0.3, -0.25) is 14.9 Å². The number of hydrogen-bond acceptors (Lipinski definition) is 7. The minimum absolute atomic E-state index is 0.0812. The number of carbonyl (C=O) groups excluding carboxylic acids is 3. The molecule has 1 saturated heterocycles. The Hall–Kier alpha value is -3.75. The first kappa shape index (κ1) is 23.9. The molecule has 9 heteroatoms. The number of likely N-dealkylation sites (tertiary alicyclic amines) is 1. The zero-order valence-electron chi connectivity index (χ0n) is 18.4. The second kappa shape index (κ2) is 11.2. The van der Waals surface area contributed by atoms with Crippen LogP contribution in [0.1, 0.15) is 46.0 Å². The molecule has 0 N–H and O–H groups in total. The summed E-state index contributed by atoms with van der Waals surface area (Å²) in [5, 5.41) is 11.2. The van der Waals surface area contributed by atoms with E-state index in [1.807, 2.05) is 18.2 Å². The molecule has 2 aromatic carbocycles. The molecule has 0 aliphatic carbocycles. The van der Waals surface area contributed by atoms with Crippen LogP contribution >= 0.6 is 0 Å². The normalized spacial score (nSPS) is 13.9. The number of amides is 1. The SMILES string of the molecule is CCOC(=O)c1cc(C(=O)OCC(=O)N2CCC(Cc3ccccc3)CC2)cc([N+](=O)[O-])c1. The minimum atomic E-state index is -0.920. The number of esters is 2. The summed E-state index contributed by atoms with van der Waals surface area (Å²) >= 11 is 0. The average molecular weight is 454 g/mol. The lowest BCUT2D eigenvalue weighted by atomic mass is 9.90. The first-order valence-corrected chi connectivity index (χ1v) is 10.8. The number of carbonyl (C=O) groups is 3. The van der Waals surface area contributed by atoms with Crippen molar-refractivity contribution in [2.24, 2.45) is 5.92 Å². The number of ether oxygens (including phenoxy) is 2. The van der Waals surface area contributed by atoms with Crippen LogP contribution in [0.5, 0.6) is 0 Å². The van der Waals surface area contributed by atoms with Crippen molar-refractivity contribution in [1.82, 2.24) is 4.90 Å². The Balaban J connectivity index is 1.54. The van der Waals surface area contributed by atoms with Gasteiger partial charge in [-0.2, -0.15) is 0 Å². The highest BCUT2D eigenvalue weighted by molar-refractivity contribution is 5.97. The van der Waals surface area contributed by atoms with Crippen molar-refractivity contribution in [3.05, 3.63) is 75.3 Å². The molecule has 0 aromatic heterocycles. The predicted octanol–water partition coefficient (Wildman–Crippen LogP) is 3.41. The minimum Gasteiger partial charge on any atom is -0.462 e. The summed E-state index contributed by atoms with van der Waals surface area (Å²) in [4.78, 5) is 49.0. The van der Waals surface area contributed by atoms with Crippen molar-refractivity contribution in [3.63, 3.8) is 0 Å². The smallest absolute Gasteiger partial charge is 0.338 e. The lowest BCUT2D eigenvalue weighted by molar-refractivity contribution is -0.384. The number of nitro groups is 1. The summed E-state index contributed by atoms with van der Waals surface area (Å²) in [6, 6.07) is 13.4. The molecule has 0 unspecified atom stereocenters. The predicted molar refractivity (Wildman–Crippen MR) is 119 cm³/mol. The van der Waals surface area contributed by atoms with E-state index in [9.17, 15) is 24.5 Å². The van der Waals surface area contributed by atoms with Crippen LogP contribution in [0.4, 0.5) is 5.69 Å². The third kappa shape index (κ3) is 6.61. The zero-order chi connectivity index (χ0) is 23.8. The van der Waals surface area contributed by atoms with Gasteiger partial charge >= 0.3 is 11.9 Å². The van der Waals surface area contributed by atoms with Crippen LogP contribution in [-0.2, 0) is 20.7 Å². The Morgan fingerprint density at radius 3 is 2.18 bits per heavy atom. The van der Waals surface area contributed by atoms with Crippen LogP contribution < -0.4 is 0 Å². The van der Waals surface area contributed by atoms with E-state index < -0.39 is 29.2 Å². The molecule has 1 amide bonds. The maximum absolute atomic E-state index is 12.5. The lowest BCUT2D eigenvalue weighted by Gasteiger charge is -2.32. The van der Waals surface area contributed by atoms with Gasteiger partial charge in [0, 0.05) is 25.2 Å². The second-order valence-electron chi connectivity index (χ2n) is 7.84. The third-order valence-electron chi connectivity index (χ3n) is 5.54. The molecule has 1 fully saturated rings. The molecule has 0 atom stereocenters. The fourth-order valence-corrected chi connectivity index (χ4v) is 3.80. The van der Waals surface area contributed by atoms with Crippen LogP contribution in [0.15, 0.2) is 48.5 Å². The van der Waals surface area contributed by atoms with Gasteiger partial charge in [0.15, 0.2) is 6.61 Å². The highest BCUT2D eigenvalue weighted by atomic mass is 16.6. The number of piperidine rings is 1. The van der Waals surface area contributed by atoms with Crippen molar-refractivity contribution in [2.75, 3.05) is 26.3 Å². The molecule has 3 rings (SSSR count). The quantitative estimate of drug-likeness (QED) is 0.341. The Morgan fingerprint density at radius 1 is 1.00 bits per heavy atom. The Bertz CT molecular complexity index is 1010. The van der Waals surface area contributed by atoms with E-state index in [-0.39, 0.29) is 23.6 Å². The number of hydrogen-bond donors (Lipinski definition) is 0. The first-order valence-electron chi connectivity index (χ1n) is 10.8. The molecule has 33 heavy (non-hydrogen) atoms. The molecule has 1 heterocycles. The van der Waals surface area contributed by atoms with Crippen molar-refractivity contribution >= 4 is 23.5 Å². The molecule has 0 bridgehead atoms. The van der Waals surface area contributed by atoms with E-state index in [0.717, 1.165) is 37.5 Å². The van der Waals surface area contributed by atoms with E-state index in [0.29, 0.717) is 19.0 Å². The van der Waals surface area contributed by atoms with Crippen molar-refractivity contribution in [2.45, 2.75) is 26.2 Å². The van der Waals surface area contributed by atoms with Crippen LogP contribution in [0, 0.1) is 16.0 Å². The third-order valence-corrected chi connectivity index (χ3v) is 5.54. The van der Waals surface area contributed by atoms with Crippen LogP contribution in [-0.4, -0.2) is 54.0 Å². The summed E-state index contributed by atoms with van der Waals surface area (Å²) in [5.41, 5.74) is 0.501. The van der Waals surface area contributed by atoms with E-state index in [1.54, 1.807) is 11.8 Å². The zero-order valence-corrected chi connectivity index (χ0v) is 18.4. The van der Waals surface area contributed by atoms with Crippen LogP contribution in [0.25, 0.3) is 0 Å². The molecule has 9 nitrogen and oxygen atoms in total. The van der Waals surface area contributed by atoms with Gasteiger partial charge in [0.1, 0.15) is 0 Å². The summed E-state index contributed by atoms with van der Waals surface area (Å²) in [5.74, 6) is -1.54. The molecule has 1 aliphatic rings. The molecule has 0 saturated carbocycles. The molecule has 0 spiro atoms. The average Bonchev–Trinajstić information content (AvgIpc) is 2.83. The lowest BCUT2D eigenvalue weighted by Crippen LogP contribution is -2.41. The fraction of sp³-hybridized carbons (Fsp3) is 0.375. The maximum Gasteiger partial charge on any atom is 0.338 e. The highest BCUT2D eigenvalue weighted by Crippen LogP contribution is 2.22. The van der Waals surface area contributed by atoms with E-state index in [2.05, 4.69) is 12.1 Å². The highest BCUT2D eigenvalue weighted by Gasteiger charge is 2.25. The van der Waals surface area contributed by atoms with Gasteiger partial charge < -0.3 is 14.4 Å². The van der Waals surface area contributed by atoms with Gasteiger partial charge in [0.25, 0.3) is 11.6 Å². The van der Waals surface area contributed by atoms with E-state index in [1.165, 1.54) is 5.56 Å². The molecular formula is C24H26N2O7. The van der Waals surface area contributed by atoms with Crippen LogP contribution in [0.2, 0.25) is 0 Å². The Labute approximate surface area is 191 Å². The fourth-order valence-electron chi connectivity index (χ4n) is 3.80. The maximum atomic E-state index is 12.5. The number of non-ortho nitro benzene ring substituents is 1. The summed E-state index contributed by atoms with van der Waals surface area (Å²) in [7, 11) is 0. The van der Waals surface area contributed by atoms with Gasteiger partial charge in [-0.15, -0.1) is 0 Å². The van der Waals surface area contributed by atoms with Gasteiger partial charge in [0.2, 0.25) is 0 Å². The molecule has 0 radical (unpaired) electrons. The molecule has 2 aromatic rings. The number of benzene rings is 2. The second-order valence-corrected chi connectivity index (χ2v) is 7.84. The standard InChI is InChI=1S/C24H26N2O7/c1-2-32-23(28)19-13-20(15-21(14-19)26(30)31)24(29)33-16-22(27)25-10-8-18(9-11-25)12-17-6-4-3-5-7-17/h3-7,13-15,18H,2,8-12,16H2,1H3. The van der Waals surface area contributed by atoms with Gasteiger partial charge in [0.05, 0.1) is 22.7 Å². The van der Waals surface area contributed by atoms with E-state index in [4.69, 9.17) is 9.47 Å². The Morgan fingerprint density at radius 2 is 1.61 bits per heavy atom. The van der Waals surface area contributed by atoms with Crippen molar-refractivity contribution in [3.8, 4) is 0 Å². The van der Waals surface area contributed by atoms with Crippen molar-refractivity contribution < 1.29 is 28.8 Å². The number of nitrogens with zero attached hydrogens (tertiary/aromatic N) is 2. The monoisotopic (exact) mass is 454 g/mol. The molecule has 174 valence electrons. The summed E-state index contributed by atoms with van der Waals surface area (Å²) in [6.07, 6.45) is 2.69. The number of rotatable bonds is 8. The van der Waals surface area contributed by atoms with Crippen LogP contribution in [0.3, 0.4) is 0 Å². The number of nitro benzene ring substituents is 1. The van der Waals surface area contributed by atoms with Gasteiger partial charge in [-0.25, -0.2) is 9.59 Å². The van der Waals surface area contributed by atoms with E-state index >= 15 is 0 Å². The largest absolute Gasteiger partial charge is 0.462 e. The topological polar surface area (TPSA) is 116 Å². The Kier molecular flexibility index (Phi) is 8.12. The molecular weight excluding hydrogens is 428 g/mol. The summed E-state index contributed by atoms with van der Waals surface area (Å²) < 4.78 is 9.94. The molecule has 1 aliphatic heterocycles. The van der Waals surface area contributed by atoms with Gasteiger partial charge in [-0.05, 0) is 43.7 Å². The first-order chi connectivity index (χ1) is 15.9. The van der Waals surface area contributed by atoms with Gasteiger partial charge in [-0.1, -0.05) is 30.3 Å². The summed E-state index contributed by atoms with van der Waals surface area (Å²) in [6.45, 7) is 2.37. The van der Waals surface area contributed by atoms with Crippen molar-refractivity contribution in [1.29, 1.82) is 0 Å².